The van der Waals surface area contributed by atoms with E-state index in [1.807, 2.05) is 36.5 Å². The molecule has 1 saturated carbocycles. The Labute approximate surface area is 302 Å². The van der Waals surface area contributed by atoms with Crippen LogP contribution in [0.1, 0.15) is 107 Å². The van der Waals surface area contributed by atoms with Crippen LogP contribution in [0.15, 0.2) is 75.9 Å². The van der Waals surface area contributed by atoms with E-state index in [1.165, 1.54) is 29.6 Å². The average molecular weight is 784 g/mol. The molecule has 1 aliphatic rings. The van der Waals surface area contributed by atoms with Gasteiger partial charge < -0.3 is 0 Å². The van der Waals surface area contributed by atoms with E-state index in [2.05, 4.69) is 74.1 Å². The van der Waals surface area contributed by atoms with Crippen molar-refractivity contribution in [1.82, 2.24) is 0 Å². The van der Waals surface area contributed by atoms with Gasteiger partial charge in [0.05, 0.1) is 0 Å². The van der Waals surface area contributed by atoms with Gasteiger partial charge in [0.2, 0.25) is 0 Å². The first-order chi connectivity index (χ1) is 21.7. The number of allylic oxidation sites excluding steroid dienone is 6. The maximum Gasteiger partial charge on any atom is 2.00 e. The molecule has 1 aromatic rings. The summed E-state index contributed by atoms with van der Waals surface area (Å²) in [4.78, 5) is 0. The molecule has 8 heteroatoms. The second-order valence-corrected chi connectivity index (χ2v) is 13.8. The van der Waals surface area contributed by atoms with Gasteiger partial charge in [-0.3, -0.25) is 0 Å². The number of rotatable bonds is 18. The number of hydrogen-bond donors (Lipinski definition) is 0. The first-order valence-electron chi connectivity index (χ1n) is 16.3. The van der Waals surface area contributed by atoms with Crippen molar-refractivity contribution in [2.75, 3.05) is 0 Å². The van der Waals surface area contributed by atoms with E-state index < -0.39 is 7.81 Å². The van der Waals surface area contributed by atoms with E-state index in [-0.39, 0.29) is 19.5 Å². The third-order valence-electron chi connectivity index (χ3n) is 8.59. The van der Waals surface area contributed by atoms with Crippen molar-refractivity contribution in [3.8, 4) is 0 Å². The predicted octanol–water partition coefficient (Wildman–Crippen LogP) is 14.8. The van der Waals surface area contributed by atoms with Crippen molar-refractivity contribution in [2.24, 2.45) is 0 Å². The van der Waals surface area contributed by atoms with E-state index in [9.17, 15) is 25.2 Å². The molecule has 1 fully saturated rings. The largest absolute Gasteiger partial charge is 2.00 e. The number of hydrogen-bond acceptors (Lipinski definition) is 0. The standard InChI is InChI=1S/C30H42.C10H15.F6P.Ru/c1-7-13-19-25-26(20-14-8-2)28(22-16-10-4)30(24-18-12-6)29(23-17-11-5)27(25)21-15-9-3;1-6-7(2)9(4)10(5)8(6)3;1-7(2,3,4,5)6;/h7-12H,1-6,13-24H2;1-5H3;;/q;;-1;+2. The molecule has 0 saturated heterocycles. The van der Waals surface area contributed by atoms with Crippen molar-refractivity contribution in [3.05, 3.63) is 139 Å². The summed E-state index contributed by atoms with van der Waals surface area (Å²) in [6.07, 6.45) is 24.7. The van der Waals surface area contributed by atoms with Gasteiger partial charge in [-0.15, -0.1) is 39.5 Å². The summed E-state index contributed by atoms with van der Waals surface area (Å²) in [6, 6.07) is 0. The van der Waals surface area contributed by atoms with Gasteiger partial charge in [-0.1, -0.05) is 71.1 Å². The van der Waals surface area contributed by atoms with Gasteiger partial charge in [0.15, 0.2) is 0 Å². The molecular formula is C40H57F6PRu+. The Morgan fingerprint density at radius 3 is 0.542 bits per heavy atom. The Morgan fingerprint density at radius 2 is 0.458 bits per heavy atom. The van der Waals surface area contributed by atoms with Crippen molar-refractivity contribution in [2.45, 2.75) is 112 Å². The molecule has 0 aromatic heterocycles. The minimum atomic E-state index is -10.7. The zero-order valence-electron chi connectivity index (χ0n) is 29.8. The molecule has 1 aromatic carbocycles. The van der Waals surface area contributed by atoms with Crippen molar-refractivity contribution >= 4 is 7.81 Å². The van der Waals surface area contributed by atoms with E-state index in [1.54, 1.807) is 33.4 Å². The van der Waals surface area contributed by atoms with Crippen LogP contribution in [0.2, 0.25) is 0 Å². The fourth-order valence-corrected chi connectivity index (χ4v) is 5.79. The second-order valence-electron chi connectivity index (χ2n) is 11.9. The van der Waals surface area contributed by atoms with E-state index in [0.29, 0.717) is 0 Å². The van der Waals surface area contributed by atoms with Crippen LogP contribution in [-0.2, 0) is 58.0 Å². The van der Waals surface area contributed by atoms with Crippen LogP contribution in [-0.4, -0.2) is 0 Å². The fraction of sp³-hybridized carbons (Fsp3) is 0.425. The Hall–Kier alpha value is -1.71. The predicted molar refractivity (Wildman–Crippen MR) is 196 cm³/mol. The zero-order valence-corrected chi connectivity index (χ0v) is 32.4. The van der Waals surface area contributed by atoms with Crippen LogP contribution < -0.4 is 0 Å². The molecule has 48 heavy (non-hydrogen) atoms. The Bertz CT molecular complexity index is 947. The molecule has 0 atom stereocenters. The molecule has 2 rings (SSSR count). The first kappa shape index (κ1) is 48.4. The molecule has 0 spiro atoms. The van der Waals surface area contributed by atoms with Crippen LogP contribution in [0, 0.1) is 29.6 Å². The molecule has 0 N–H and O–H groups in total. The van der Waals surface area contributed by atoms with E-state index in [4.69, 9.17) is 0 Å². The third kappa shape index (κ3) is 18.9. The smallest absolute Gasteiger partial charge is 2.00 e. The summed E-state index contributed by atoms with van der Waals surface area (Å²) < 4.78 is 59.2. The third-order valence-corrected chi connectivity index (χ3v) is 8.59. The van der Waals surface area contributed by atoms with Crippen LogP contribution in [0.3, 0.4) is 0 Å². The normalized spacial score (nSPS) is 15.8. The Morgan fingerprint density at radius 1 is 0.354 bits per heavy atom. The van der Waals surface area contributed by atoms with Crippen molar-refractivity contribution < 1.29 is 44.7 Å². The van der Waals surface area contributed by atoms with Crippen LogP contribution in [0.25, 0.3) is 0 Å². The molecule has 0 unspecified atom stereocenters. The van der Waals surface area contributed by atoms with Crippen molar-refractivity contribution in [3.63, 3.8) is 0 Å². The minimum Gasteiger partial charge on any atom is 2.00 e. The molecule has 1 aliphatic carbocycles. The second kappa shape index (κ2) is 21.5. The van der Waals surface area contributed by atoms with Gasteiger partial charge in [0, 0.05) is 0 Å². The minimum absolute atomic E-state index is 0. The van der Waals surface area contributed by atoms with Crippen LogP contribution in [0.5, 0.6) is 0 Å². The van der Waals surface area contributed by atoms with Gasteiger partial charge in [-0.25, -0.2) is 0 Å². The van der Waals surface area contributed by atoms with Crippen LogP contribution in [0.4, 0.5) is 25.2 Å². The summed E-state index contributed by atoms with van der Waals surface area (Å²) in [5, 5.41) is 0. The quantitative estimate of drug-likeness (QED) is 0.0602. The molecule has 0 aliphatic heterocycles. The van der Waals surface area contributed by atoms with Gasteiger partial charge >= 0.3 is 52.5 Å². The van der Waals surface area contributed by atoms with E-state index in [0.717, 1.165) is 77.0 Å². The number of halogens is 6. The van der Waals surface area contributed by atoms with Gasteiger partial charge in [0.1, 0.15) is 0 Å². The molecule has 0 nitrogen and oxygen atoms in total. The monoisotopic (exact) mass is 784 g/mol. The summed E-state index contributed by atoms with van der Waals surface area (Å²) in [6.45, 7) is 34.9. The van der Waals surface area contributed by atoms with Gasteiger partial charge in [0.25, 0.3) is 0 Å². The van der Waals surface area contributed by atoms with E-state index >= 15 is 0 Å². The Balaban J connectivity index is 0. The molecule has 0 heterocycles. The molecule has 5 radical (unpaired) electrons. The summed E-state index contributed by atoms with van der Waals surface area (Å²) in [5.74, 6) is 7.34. The summed E-state index contributed by atoms with van der Waals surface area (Å²) in [7, 11) is -10.7. The zero-order chi connectivity index (χ0) is 36.5. The first-order valence-corrected chi connectivity index (χ1v) is 18.3. The van der Waals surface area contributed by atoms with Crippen molar-refractivity contribution in [1.29, 1.82) is 0 Å². The molecule has 271 valence electrons. The number of benzene rings is 1. The van der Waals surface area contributed by atoms with Gasteiger partial charge in [-0.2, -0.15) is 0 Å². The fourth-order valence-electron chi connectivity index (χ4n) is 5.79. The maximum atomic E-state index is 9.87. The van der Waals surface area contributed by atoms with Gasteiger partial charge in [-0.05, 0) is 140 Å². The maximum absolute atomic E-state index is 10.7. The molecular weight excluding hydrogens is 726 g/mol. The topological polar surface area (TPSA) is 0 Å². The SMILES string of the molecule is C=CCCc1c(CCC=C)c(CCC=C)c(CCC=C)c(CCC=C)c1CCC=C.C[C]1[C](C)[C](C)[C](C)[C]1C.F[P-](F)(F)(F)(F)F.[Ru+2]. The summed E-state index contributed by atoms with van der Waals surface area (Å²) in [5.41, 5.74) is 9.33. The molecule has 0 amide bonds. The Kier molecular flexibility index (Phi) is 21.7. The van der Waals surface area contributed by atoms with Crippen LogP contribution >= 0.6 is 7.81 Å². The average Bonchev–Trinajstić information content (AvgIpc) is 3.15. The summed E-state index contributed by atoms with van der Waals surface area (Å²) >= 11 is 0. The molecule has 0 bridgehead atoms.